The lowest BCUT2D eigenvalue weighted by Gasteiger charge is -2.28. The van der Waals surface area contributed by atoms with E-state index in [1.807, 2.05) is 27.2 Å². The second-order valence-electron chi connectivity index (χ2n) is 15.8. The SMILES string of the molecule is C=CCCCCCCCCCCCCCCCC(=O)O[C@H](COC(=O)CCC/C=C/C/C=C/C/C=C/C/C=C/CCCCC)COP(=O)([O-])OCC[N+](C)(C)C. The molecule has 0 bridgehead atoms. The van der Waals surface area contributed by atoms with Crippen LogP contribution < -0.4 is 4.89 Å². The van der Waals surface area contributed by atoms with Gasteiger partial charge in [0.15, 0.2) is 6.10 Å². The topological polar surface area (TPSA) is 111 Å². The molecule has 324 valence electrons. The smallest absolute Gasteiger partial charge is 0.306 e. The van der Waals surface area contributed by atoms with Gasteiger partial charge < -0.3 is 27.9 Å². The Labute approximate surface area is 343 Å². The summed E-state index contributed by atoms with van der Waals surface area (Å²) in [5, 5.41) is 0. The van der Waals surface area contributed by atoms with E-state index in [0.717, 1.165) is 51.4 Å². The van der Waals surface area contributed by atoms with Crippen molar-refractivity contribution in [3.63, 3.8) is 0 Å². The molecule has 1 unspecified atom stereocenters. The Balaban J connectivity index is 4.44. The van der Waals surface area contributed by atoms with Gasteiger partial charge >= 0.3 is 11.9 Å². The van der Waals surface area contributed by atoms with Gasteiger partial charge in [0.1, 0.15) is 19.8 Å². The van der Waals surface area contributed by atoms with Crippen LogP contribution in [-0.2, 0) is 32.7 Å². The van der Waals surface area contributed by atoms with Crippen molar-refractivity contribution < 1.29 is 42.1 Å². The first-order chi connectivity index (χ1) is 27.0. The number of rotatable bonds is 40. The minimum Gasteiger partial charge on any atom is -0.756 e. The van der Waals surface area contributed by atoms with E-state index in [-0.39, 0.29) is 26.1 Å². The van der Waals surface area contributed by atoms with Crippen molar-refractivity contribution in [2.45, 2.75) is 174 Å². The van der Waals surface area contributed by atoms with Gasteiger partial charge in [-0.1, -0.05) is 145 Å². The van der Waals surface area contributed by atoms with Gasteiger partial charge in [-0.2, -0.15) is 0 Å². The fourth-order valence-electron chi connectivity index (χ4n) is 5.68. The number of phosphoric ester groups is 1. The number of ether oxygens (including phenoxy) is 2. The molecule has 0 fully saturated rings. The molecule has 0 heterocycles. The van der Waals surface area contributed by atoms with Gasteiger partial charge in [-0.05, 0) is 64.2 Å². The number of nitrogens with zero attached hydrogens (tertiary/aromatic N) is 1. The van der Waals surface area contributed by atoms with Gasteiger partial charge in [-0.15, -0.1) is 6.58 Å². The zero-order chi connectivity index (χ0) is 41.4. The largest absolute Gasteiger partial charge is 0.756 e. The Bertz CT molecular complexity index is 1130. The lowest BCUT2D eigenvalue weighted by Crippen LogP contribution is -2.37. The first-order valence-corrected chi connectivity index (χ1v) is 23.4. The number of carbonyl (C=O) groups excluding carboxylic acids is 2. The second-order valence-corrected chi connectivity index (χ2v) is 17.2. The number of likely N-dealkylation sites (N-methyl/N-ethyl adjacent to an activating group) is 1. The fraction of sp³-hybridized carbons (Fsp3) is 0.739. The molecule has 0 amide bonds. The Morgan fingerprint density at radius 3 is 1.59 bits per heavy atom. The van der Waals surface area contributed by atoms with E-state index in [0.29, 0.717) is 23.9 Å². The van der Waals surface area contributed by atoms with Gasteiger partial charge in [0.05, 0.1) is 27.7 Å². The molecule has 0 aliphatic heterocycles. The summed E-state index contributed by atoms with van der Waals surface area (Å²) < 4.78 is 33.8. The molecule has 0 aromatic heterocycles. The first-order valence-electron chi connectivity index (χ1n) is 22.0. The summed E-state index contributed by atoms with van der Waals surface area (Å²) in [5.41, 5.74) is 0. The van der Waals surface area contributed by atoms with E-state index >= 15 is 0 Å². The van der Waals surface area contributed by atoms with Crippen molar-refractivity contribution in [1.82, 2.24) is 0 Å². The average molecular weight is 808 g/mol. The number of hydrogen-bond acceptors (Lipinski definition) is 8. The highest BCUT2D eigenvalue weighted by Gasteiger charge is 2.21. The van der Waals surface area contributed by atoms with Crippen LogP contribution in [-0.4, -0.2) is 70.0 Å². The van der Waals surface area contributed by atoms with Crippen molar-refractivity contribution in [3.8, 4) is 0 Å². The van der Waals surface area contributed by atoms with Gasteiger partial charge in [0.25, 0.3) is 7.82 Å². The van der Waals surface area contributed by atoms with E-state index in [1.165, 1.54) is 83.5 Å². The molecule has 0 aliphatic carbocycles. The van der Waals surface area contributed by atoms with Crippen LogP contribution in [0.3, 0.4) is 0 Å². The van der Waals surface area contributed by atoms with Crippen LogP contribution in [0.5, 0.6) is 0 Å². The van der Waals surface area contributed by atoms with Crippen LogP contribution in [0.25, 0.3) is 0 Å². The lowest BCUT2D eigenvalue weighted by atomic mass is 10.0. The number of quaternary nitrogens is 1. The molecule has 2 atom stereocenters. The number of phosphoric acid groups is 1. The maximum atomic E-state index is 12.7. The van der Waals surface area contributed by atoms with Crippen molar-refractivity contribution >= 4 is 19.8 Å². The quantitative estimate of drug-likeness (QED) is 0.0198. The number of esters is 2. The molecule has 0 rings (SSSR count). The summed E-state index contributed by atoms with van der Waals surface area (Å²) in [7, 11) is 1.13. The summed E-state index contributed by atoms with van der Waals surface area (Å²) in [4.78, 5) is 37.5. The Morgan fingerprint density at radius 2 is 1.07 bits per heavy atom. The van der Waals surface area contributed by atoms with E-state index in [4.69, 9.17) is 18.5 Å². The predicted molar refractivity (Wildman–Crippen MR) is 231 cm³/mol. The molecule has 0 spiro atoms. The highest BCUT2D eigenvalue weighted by molar-refractivity contribution is 7.45. The third-order valence-electron chi connectivity index (χ3n) is 9.16. The summed E-state index contributed by atoms with van der Waals surface area (Å²) in [6, 6.07) is 0. The minimum atomic E-state index is -4.64. The predicted octanol–water partition coefficient (Wildman–Crippen LogP) is 11.8. The van der Waals surface area contributed by atoms with Gasteiger partial charge in [-0.3, -0.25) is 14.2 Å². The van der Waals surface area contributed by atoms with Gasteiger partial charge in [0.2, 0.25) is 0 Å². The summed E-state index contributed by atoms with van der Waals surface area (Å²) in [5.74, 6) is -0.906. The highest BCUT2D eigenvalue weighted by Crippen LogP contribution is 2.38. The zero-order valence-corrected chi connectivity index (χ0v) is 37.0. The molecule has 56 heavy (non-hydrogen) atoms. The number of carbonyl (C=O) groups is 2. The minimum absolute atomic E-state index is 0.0418. The molecule has 0 aromatic carbocycles. The summed E-state index contributed by atoms with van der Waals surface area (Å²) in [6.07, 6.45) is 44.3. The lowest BCUT2D eigenvalue weighted by molar-refractivity contribution is -0.870. The molecule has 10 heteroatoms. The molecular formula is C46H82NO8P. The monoisotopic (exact) mass is 808 g/mol. The molecule has 9 nitrogen and oxygen atoms in total. The molecule has 0 saturated carbocycles. The second kappa shape index (κ2) is 38.2. The molecule has 0 radical (unpaired) electrons. The summed E-state index contributed by atoms with van der Waals surface area (Å²) in [6.45, 7) is 5.65. The molecule has 0 aromatic rings. The van der Waals surface area contributed by atoms with Gasteiger partial charge in [-0.25, -0.2) is 0 Å². The molecule has 0 aliphatic rings. The van der Waals surface area contributed by atoms with Crippen LogP contribution in [0.1, 0.15) is 167 Å². The molecular weight excluding hydrogens is 725 g/mol. The Morgan fingerprint density at radius 1 is 0.607 bits per heavy atom. The number of allylic oxidation sites excluding steroid dienone is 9. The van der Waals surface area contributed by atoms with E-state index in [9.17, 15) is 19.0 Å². The van der Waals surface area contributed by atoms with Crippen LogP contribution in [0.2, 0.25) is 0 Å². The van der Waals surface area contributed by atoms with Crippen molar-refractivity contribution in [1.29, 1.82) is 0 Å². The molecule has 0 N–H and O–H groups in total. The standard InChI is InChI=1S/C46H82NO8P/c1-6-8-10-12-14-16-18-20-22-23-25-26-28-30-32-34-36-38-45(48)52-42-44(43-54-56(50,51)53-41-40-47(3,4)5)55-46(49)39-37-35-33-31-29-27-24-21-19-17-15-13-11-9-7-2/h7,14,16,20,22,25-26,30,32,44H,2,6,8-13,15,17-19,21,23-24,27-29,31,33-43H2,1,3-5H3/b16-14+,22-20+,26-25+,32-30+/t44-/m1/s1. The maximum Gasteiger partial charge on any atom is 0.306 e. The van der Waals surface area contributed by atoms with Crippen molar-refractivity contribution in [2.24, 2.45) is 0 Å². The van der Waals surface area contributed by atoms with Crippen LogP contribution in [0, 0.1) is 0 Å². The highest BCUT2D eigenvalue weighted by atomic mass is 31.2. The Kier molecular flexibility index (Phi) is 36.7. The normalized spacial score (nSPS) is 13.9. The molecule has 0 saturated heterocycles. The third-order valence-corrected chi connectivity index (χ3v) is 10.1. The van der Waals surface area contributed by atoms with Crippen molar-refractivity contribution in [3.05, 3.63) is 61.3 Å². The first kappa shape index (κ1) is 53.7. The zero-order valence-electron chi connectivity index (χ0n) is 36.1. The maximum absolute atomic E-state index is 12.7. The van der Waals surface area contributed by atoms with E-state index < -0.39 is 32.5 Å². The number of unbranched alkanes of at least 4 members (excludes halogenated alkanes) is 17. The van der Waals surface area contributed by atoms with Crippen molar-refractivity contribution in [2.75, 3.05) is 47.5 Å². The van der Waals surface area contributed by atoms with Gasteiger partial charge in [0, 0.05) is 12.8 Å². The van der Waals surface area contributed by atoms with E-state index in [1.54, 1.807) is 0 Å². The average Bonchev–Trinajstić information content (AvgIpc) is 3.15. The number of hydrogen-bond donors (Lipinski definition) is 0. The van der Waals surface area contributed by atoms with Crippen LogP contribution in [0.15, 0.2) is 61.3 Å². The van der Waals surface area contributed by atoms with E-state index in [2.05, 4.69) is 62.1 Å². The third kappa shape index (κ3) is 41.3. The van der Waals surface area contributed by atoms with Crippen LogP contribution in [0.4, 0.5) is 0 Å². The van der Waals surface area contributed by atoms with Crippen LogP contribution >= 0.6 is 7.82 Å². The Hall–Kier alpha value is -2.29. The fourth-order valence-corrected chi connectivity index (χ4v) is 6.41. The summed E-state index contributed by atoms with van der Waals surface area (Å²) >= 11 is 0.